The first-order valence-electron chi connectivity index (χ1n) is 7.89. The summed E-state index contributed by atoms with van der Waals surface area (Å²) in [5, 5.41) is 12.7. The minimum atomic E-state index is -0.356. The number of nitrogens with one attached hydrogen (secondary N) is 1. The molecule has 1 rings (SSSR count). The molecule has 0 aromatic heterocycles. The quantitative estimate of drug-likeness (QED) is 0.769. The van der Waals surface area contributed by atoms with E-state index in [0.29, 0.717) is 0 Å². The number of rotatable bonds is 7. The van der Waals surface area contributed by atoms with Crippen molar-refractivity contribution in [2.45, 2.75) is 58.9 Å². The average Bonchev–Trinajstić information content (AvgIpc) is 2.43. The SMILES string of the molecule is CCCNC(C)(C#N)CCN1CCC(C(C)C)CC1. The van der Waals surface area contributed by atoms with Crippen molar-refractivity contribution in [1.29, 1.82) is 5.26 Å². The van der Waals surface area contributed by atoms with Crippen LogP contribution in [0.2, 0.25) is 0 Å². The van der Waals surface area contributed by atoms with Crippen molar-refractivity contribution in [3.05, 3.63) is 0 Å². The van der Waals surface area contributed by atoms with Crippen LogP contribution in [-0.2, 0) is 0 Å². The summed E-state index contributed by atoms with van der Waals surface area (Å²) in [5.41, 5.74) is -0.356. The molecule has 0 aromatic rings. The van der Waals surface area contributed by atoms with Gasteiger partial charge in [-0.25, -0.2) is 0 Å². The number of piperidine rings is 1. The fourth-order valence-corrected chi connectivity index (χ4v) is 2.81. The van der Waals surface area contributed by atoms with Crippen LogP contribution < -0.4 is 5.32 Å². The summed E-state index contributed by atoms with van der Waals surface area (Å²) in [6.45, 7) is 13.2. The molecule has 1 unspecified atom stereocenters. The van der Waals surface area contributed by atoms with Crippen LogP contribution in [0.25, 0.3) is 0 Å². The van der Waals surface area contributed by atoms with Gasteiger partial charge < -0.3 is 4.90 Å². The molecular formula is C16H31N3. The fraction of sp³-hybridized carbons (Fsp3) is 0.938. The van der Waals surface area contributed by atoms with Gasteiger partial charge in [-0.05, 0) is 64.1 Å². The molecule has 1 fully saturated rings. The van der Waals surface area contributed by atoms with Crippen LogP contribution in [-0.4, -0.2) is 36.6 Å². The molecule has 0 aliphatic carbocycles. The predicted molar refractivity (Wildman–Crippen MR) is 80.9 cm³/mol. The molecule has 1 saturated heterocycles. The van der Waals surface area contributed by atoms with Crippen LogP contribution in [0.5, 0.6) is 0 Å². The summed E-state index contributed by atoms with van der Waals surface area (Å²) in [6, 6.07) is 2.44. The van der Waals surface area contributed by atoms with Gasteiger partial charge in [0.2, 0.25) is 0 Å². The van der Waals surface area contributed by atoms with Crippen molar-refractivity contribution in [2.75, 3.05) is 26.2 Å². The molecule has 0 radical (unpaired) electrons. The van der Waals surface area contributed by atoms with Gasteiger partial charge in [-0.1, -0.05) is 20.8 Å². The van der Waals surface area contributed by atoms with Crippen molar-refractivity contribution in [3.63, 3.8) is 0 Å². The Hall–Kier alpha value is -0.590. The monoisotopic (exact) mass is 265 g/mol. The van der Waals surface area contributed by atoms with Gasteiger partial charge in [0.1, 0.15) is 5.54 Å². The molecule has 1 heterocycles. The van der Waals surface area contributed by atoms with E-state index in [0.717, 1.165) is 37.8 Å². The molecule has 1 N–H and O–H groups in total. The van der Waals surface area contributed by atoms with Gasteiger partial charge in [-0.3, -0.25) is 5.32 Å². The van der Waals surface area contributed by atoms with Gasteiger partial charge in [0, 0.05) is 6.54 Å². The number of nitrogens with zero attached hydrogens (tertiary/aromatic N) is 2. The lowest BCUT2D eigenvalue weighted by Gasteiger charge is -2.35. The zero-order chi connectivity index (χ0) is 14.3. The van der Waals surface area contributed by atoms with E-state index in [4.69, 9.17) is 0 Å². The van der Waals surface area contributed by atoms with Crippen molar-refractivity contribution < 1.29 is 0 Å². The maximum Gasteiger partial charge on any atom is 0.105 e. The molecule has 0 amide bonds. The Kier molecular flexibility index (Phi) is 6.82. The van der Waals surface area contributed by atoms with E-state index in [1.54, 1.807) is 0 Å². The Labute approximate surface area is 119 Å². The third kappa shape index (κ3) is 5.50. The summed E-state index contributed by atoms with van der Waals surface area (Å²) in [5.74, 6) is 1.72. The second kappa shape index (κ2) is 7.87. The summed E-state index contributed by atoms with van der Waals surface area (Å²) in [6.07, 6.45) is 4.65. The minimum Gasteiger partial charge on any atom is -0.303 e. The lowest BCUT2D eigenvalue weighted by molar-refractivity contribution is 0.149. The number of hydrogen-bond acceptors (Lipinski definition) is 3. The van der Waals surface area contributed by atoms with Gasteiger partial charge >= 0.3 is 0 Å². The summed E-state index contributed by atoms with van der Waals surface area (Å²) in [4.78, 5) is 2.53. The largest absolute Gasteiger partial charge is 0.303 e. The molecule has 0 spiro atoms. The Morgan fingerprint density at radius 3 is 2.47 bits per heavy atom. The fourth-order valence-electron chi connectivity index (χ4n) is 2.81. The zero-order valence-electron chi connectivity index (χ0n) is 13.2. The molecule has 1 aliphatic heterocycles. The first kappa shape index (κ1) is 16.5. The standard InChI is InChI=1S/C16H31N3/c1-5-9-18-16(4,13-17)8-12-19-10-6-15(7-11-19)14(2)3/h14-15,18H,5-12H2,1-4H3. The molecule has 3 nitrogen and oxygen atoms in total. The highest BCUT2D eigenvalue weighted by Crippen LogP contribution is 2.24. The molecule has 1 aliphatic rings. The lowest BCUT2D eigenvalue weighted by atomic mass is 9.86. The maximum atomic E-state index is 9.33. The van der Waals surface area contributed by atoms with Crippen molar-refractivity contribution >= 4 is 0 Å². The van der Waals surface area contributed by atoms with Crippen molar-refractivity contribution in [1.82, 2.24) is 10.2 Å². The lowest BCUT2D eigenvalue weighted by Crippen LogP contribution is -2.45. The van der Waals surface area contributed by atoms with Crippen LogP contribution in [0.3, 0.4) is 0 Å². The average molecular weight is 265 g/mol. The van der Waals surface area contributed by atoms with Gasteiger partial charge in [-0.15, -0.1) is 0 Å². The predicted octanol–water partition coefficient (Wildman–Crippen LogP) is 3.03. The molecule has 110 valence electrons. The van der Waals surface area contributed by atoms with E-state index in [-0.39, 0.29) is 5.54 Å². The van der Waals surface area contributed by atoms with E-state index in [1.165, 1.54) is 25.9 Å². The third-order valence-corrected chi connectivity index (χ3v) is 4.52. The van der Waals surface area contributed by atoms with Crippen LogP contribution in [0.4, 0.5) is 0 Å². The number of likely N-dealkylation sites (tertiary alicyclic amines) is 1. The molecule has 1 atom stereocenters. The van der Waals surface area contributed by atoms with Crippen LogP contribution in [0.15, 0.2) is 0 Å². The topological polar surface area (TPSA) is 39.1 Å². The Morgan fingerprint density at radius 2 is 2.00 bits per heavy atom. The molecule has 0 saturated carbocycles. The summed E-state index contributed by atoms with van der Waals surface area (Å²) >= 11 is 0. The molecule has 0 aromatic carbocycles. The smallest absolute Gasteiger partial charge is 0.105 e. The Balaban J connectivity index is 2.31. The van der Waals surface area contributed by atoms with Gasteiger partial charge in [0.15, 0.2) is 0 Å². The Bertz CT molecular complexity index is 287. The van der Waals surface area contributed by atoms with Crippen LogP contribution in [0.1, 0.15) is 53.4 Å². The number of nitriles is 1. The summed E-state index contributed by atoms with van der Waals surface area (Å²) < 4.78 is 0. The van der Waals surface area contributed by atoms with Gasteiger partial charge in [-0.2, -0.15) is 5.26 Å². The second-order valence-electron chi connectivity index (χ2n) is 6.54. The molecule has 3 heteroatoms. The maximum absolute atomic E-state index is 9.33. The van der Waals surface area contributed by atoms with Crippen molar-refractivity contribution in [2.24, 2.45) is 11.8 Å². The molecular weight excluding hydrogens is 234 g/mol. The number of hydrogen-bond donors (Lipinski definition) is 1. The van der Waals surface area contributed by atoms with Crippen LogP contribution >= 0.6 is 0 Å². The van der Waals surface area contributed by atoms with Gasteiger partial charge in [0.05, 0.1) is 6.07 Å². The van der Waals surface area contributed by atoms with E-state index in [2.05, 4.69) is 37.1 Å². The first-order chi connectivity index (χ1) is 9.00. The van der Waals surface area contributed by atoms with Crippen LogP contribution in [0, 0.1) is 23.2 Å². The molecule has 0 bridgehead atoms. The third-order valence-electron chi connectivity index (χ3n) is 4.52. The van der Waals surface area contributed by atoms with E-state index in [9.17, 15) is 5.26 Å². The van der Waals surface area contributed by atoms with E-state index >= 15 is 0 Å². The highest BCUT2D eigenvalue weighted by molar-refractivity contribution is 5.04. The van der Waals surface area contributed by atoms with Crippen molar-refractivity contribution in [3.8, 4) is 6.07 Å². The van der Waals surface area contributed by atoms with E-state index in [1.807, 2.05) is 6.92 Å². The Morgan fingerprint density at radius 1 is 1.37 bits per heavy atom. The normalized spacial score (nSPS) is 21.3. The summed E-state index contributed by atoms with van der Waals surface area (Å²) in [7, 11) is 0. The van der Waals surface area contributed by atoms with Gasteiger partial charge in [0.25, 0.3) is 0 Å². The molecule has 19 heavy (non-hydrogen) atoms. The highest BCUT2D eigenvalue weighted by atomic mass is 15.1. The van der Waals surface area contributed by atoms with E-state index < -0.39 is 0 Å². The zero-order valence-corrected chi connectivity index (χ0v) is 13.2. The highest BCUT2D eigenvalue weighted by Gasteiger charge is 2.26. The first-order valence-corrected chi connectivity index (χ1v) is 7.89. The second-order valence-corrected chi connectivity index (χ2v) is 6.54. The minimum absolute atomic E-state index is 0.356.